The number of rotatable bonds is 8. The Balaban J connectivity index is 2.51. The van der Waals surface area contributed by atoms with Crippen molar-refractivity contribution in [2.75, 3.05) is 47.4 Å². The van der Waals surface area contributed by atoms with Gasteiger partial charge in [0.25, 0.3) is 0 Å². The first kappa shape index (κ1) is 16.9. The summed E-state index contributed by atoms with van der Waals surface area (Å²) in [6, 6.07) is 0.602. The lowest BCUT2D eigenvalue weighted by Gasteiger charge is -2.43. The Bertz CT molecular complexity index is 248. The average Bonchev–Trinajstić information content (AvgIpc) is 2.42. The number of aliphatic hydroxyl groups is 1. The van der Waals surface area contributed by atoms with Gasteiger partial charge in [-0.3, -0.25) is 0 Å². The van der Waals surface area contributed by atoms with E-state index < -0.39 is 0 Å². The van der Waals surface area contributed by atoms with Crippen LogP contribution in [0.15, 0.2) is 0 Å². The second-order valence-corrected chi connectivity index (χ2v) is 6.40. The van der Waals surface area contributed by atoms with Crippen molar-refractivity contribution in [1.29, 1.82) is 0 Å². The third-order valence-corrected chi connectivity index (χ3v) is 4.39. The predicted molar refractivity (Wildman–Crippen MR) is 81.6 cm³/mol. The maximum Gasteiger partial charge on any atom is 0.0613 e. The first-order valence-corrected chi connectivity index (χ1v) is 7.74. The standard InChI is InChI=1S/C15H33N3O/c1-5-9-16-15(13-19)8-6-7-14(12-15)18(4)11-10-17(2)3/h14,16,19H,5-13H2,1-4H3. The molecular formula is C15H33N3O. The Kier molecular flexibility index (Phi) is 7.29. The van der Waals surface area contributed by atoms with Gasteiger partial charge in [-0.2, -0.15) is 0 Å². The zero-order valence-electron chi connectivity index (χ0n) is 13.3. The highest BCUT2D eigenvalue weighted by atomic mass is 16.3. The molecule has 0 aliphatic heterocycles. The van der Waals surface area contributed by atoms with E-state index in [4.69, 9.17) is 0 Å². The van der Waals surface area contributed by atoms with Gasteiger partial charge in [0.1, 0.15) is 0 Å². The van der Waals surface area contributed by atoms with Crippen molar-refractivity contribution < 1.29 is 5.11 Å². The topological polar surface area (TPSA) is 38.7 Å². The van der Waals surface area contributed by atoms with Crippen LogP contribution in [0.3, 0.4) is 0 Å². The van der Waals surface area contributed by atoms with Crippen molar-refractivity contribution in [3.8, 4) is 0 Å². The van der Waals surface area contributed by atoms with Crippen LogP contribution < -0.4 is 5.32 Å². The van der Waals surface area contributed by atoms with E-state index in [0.29, 0.717) is 6.04 Å². The van der Waals surface area contributed by atoms with Gasteiger partial charge in [0.2, 0.25) is 0 Å². The van der Waals surface area contributed by atoms with Crippen molar-refractivity contribution in [3.05, 3.63) is 0 Å². The highest BCUT2D eigenvalue weighted by Crippen LogP contribution is 2.30. The Morgan fingerprint density at radius 2 is 2.00 bits per heavy atom. The van der Waals surface area contributed by atoms with E-state index >= 15 is 0 Å². The van der Waals surface area contributed by atoms with Crippen molar-refractivity contribution in [3.63, 3.8) is 0 Å². The monoisotopic (exact) mass is 271 g/mol. The molecule has 0 bridgehead atoms. The molecule has 0 radical (unpaired) electrons. The molecule has 114 valence electrons. The van der Waals surface area contributed by atoms with Crippen LogP contribution in [0.1, 0.15) is 39.0 Å². The summed E-state index contributed by atoms with van der Waals surface area (Å²) < 4.78 is 0. The Morgan fingerprint density at radius 3 is 2.58 bits per heavy atom. The highest BCUT2D eigenvalue weighted by Gasteiger charge is 2.36. The largest absolute Gasteiger partial charge is 0.394 e. The fourth-order valence-corrected chi connectivity index (χ4v) is 3.00. The quantitative estimate of drug-likeness (QED) is 0.695. The first-order valence-electron chi connectivity index (χ1n) is 7.74. The van der Waals surface area contributed by atoms with Gasteiger partial charge in [-0.25, -0.2) is 0 Å². The van der Waals surface area contributed by atoms with Crippen LogP contribution in [-0.4, -0.2) is 73.9 Å². The zero-order valence-corrected chi connectivity index (χ0v) is 13.3. The molecule has 2 N–H and O–H groups in total. The number of aliphatic hydroxyl groups excluding tert-OH is 1. The fraction of sp³-hybridized carbons (Fsp3) is 1.00. The summed E-state index contributed by atoms with van der Waals surface area (Å²) in [5.74, 6) is 0. The third-order valence-electron chi connectivity index (χ3n) is 4.39. The van der Waals surface area contributed by atoms with Crippen molar-refractivity contribution in [1.82, 2.24) is 15.1 Å². The fourth-order valence-electron chi connectivity index (χ4n) is 3.00. The molecule has 0 amide bonds. The molecule has 0 spiro atoms. The molecule has 1 fully saturated rings. The third kappa shape index (κ3) is 5.38. The summed E-state index contributed by atoms with van der Waals surface area (Å²) in [6.45, 7) is 5.66. The molecule has 1 aliphatic carbocycles. The number of nitrogens with one attached hydrogen (secondary N) is 1. The van der Waals surface area contributed by atoms with Crippen molar-refractivity contribution >= 4 is 0 Å². The number of hydrogen-bond donors (Lipinski definition) is 2. The van der Waals surface area contributed by atoms with Gasteiger partial charge in [-0.15, -0.1) is 0 Å². The SMILES string of the molecule is CCCNC1(CO)CCCC(N(C)CCN(C)C)C1. The van der Waals surface area contributed by atoms with Crippen LogP contribution in [0, 0.1) is 0 Å². The van der Waals surface area contributed by atoms with E-state index in [1.165, 1.54) is 12.8 Å². The predicted octanol–water partition coefficient (Wildman–Crippen LogP) is 1.15. The maximum absolute atomic E-state index is 9.80. The Labute approximate surface area is 119 Å². The van der Waals surface area contributed by atoms with Crippen molar-refractivity contribution in [2.45, 2.75) is 50.6 Å². The molecule has 0 heterocycles. The number of hydrogen-bond acceptors (Lipinski definition) is 4. The summed E-state index contributed by atoms with van der Waals surface area (Å²) in [7, 11) is 6.46. The molecule has 1 aliphatic rings. The molecule has 0 aromatic heterocycles. The van der Waals surface area contributed by atoms with Crippen molar-refractivity contribution in [2.24, 2.45) is 0 Å². The van der Waals surface area contributed by atoms with Gasteiger partial charge in [-0.05, 0) is 59.8 Å². The first-order chi connectivity index (χ1) is 9.03. The van der Waals surface area contributed by atoms with E-state index in [1.807, 2.05) is 0 Å². The van der Waals surface area contributed by atoms with Crippen LogP contribution in [0.25, 0.3) is 0 Å². The van der Waals surface area contributed by atoms with Gasteiger partial charge in [-0.1, -0.05) is 6.92 Å². The Morgan fingerprint density at radius 1 is 1.26 bits per heavy atom. The smallest absolute Gasteiger partial charge is 0.0613 e. The highest BCUT2D eigenvalue weighted by molar-refractivity contribution is 4.96. The van der Waals surface area contributed by atoms with Gasteiger partial charge in [0, 0.05) is 24.7 Å². The molecule has 19 heavy (non-hydrogen) atoms. The van der Waals surface area contributed by atoms with Crippen LogP contribution in [0.4, 0.5) is 0 Å². The molecule has 1 saturated carbocycles. The van der Waals surface area contributed by atoms with E-state index in [0.717, 1.165) is 38.9 Å². The molecule has 2 atom stereocenters. The maximum atomic E-state index is 9.80. The van der Waals surface area contributed by atoms with Gasteiger partial charge >= 0.3 is 0 Å². The van der Waals surface area contributed by atoms with Crippen LogP contribution >= 0.6 is 0 Å². The van der Waals surface area contributed by atoms with E-state index in [1.54, 1.807) is 0 Å². The summed E-state index contributed by atoms with van der Waals surface area (Å²) >= 11 is 0. The average molecular weight is 271 g/mol. The molecule has 4 nitrogen and oxygen atoms in total. The molecule has 1 rings (SSSR count). The molecule has 2 unspecified atom stereocenters. The lowest BCUT2D eigenvalue weighted by molar-refractivity contribution is 0.0675. The van der Waals surface area contributed by atoms with Crippen LogP contribution in [0.5, 0.6) is 0 Å². The summed E-state index contributed by atoms with van der Waals surface area (Å²) in [5.41, 5.74) is -0.0364. The molecule has 4 heteroatoms. The minimum atomic E-state index is -0.0364. The zero-order chi connectivity index (χ0) is 14.3. The molecular weight excluding hydrogens is 238 g/mol. The molecule has 0 saturated heterocycles. The van der Waals surface area contributed by atoms with E-state index in [-0.39, 0.29) is 12.1 Å². The number of nitrogens with zero attached hydrogens (tertiary/aromatic N) is 2. The Hall–Kier alpha value is -0.160. The van der Waals surface area contributed by atoms with Gasteiger partial charge in [0.05, 0.1) is 6.61 Å². The second kappa shape index (κ2) is 8.20. The minimum Gasteiger partial charge on any atom is -0.394 e. The molecule has 0 aromatic rings. The van der Waals surface area contributed by atoms with E-state index in [2.05, 4.69) is 43.2 Å². The normalized spacial score (nSPS) is 28.3. The summed E-state index contributed by atoms with van der Waals surface area (Å²) in [6.07, 6.45) is 5.80. The minimum absolute atomic E-state index is 0.0364. The lowest BCUT2D eigenvalue weighted by atomic mass is 9.79. The van der Waals surface area contributed by atoms with Crippen LogP contribution in [-0.2, 0) is 0 Å². The second-order valence-electron chi connectivity index (χ2n) is 6.40. The summed E-state index contributed by atoms with van der Waals surface area (Å²) in [5, 5.41) is 13.4. The van der Waals surface area contributed by atoms with E-state index in [9.17, 15) is 5.11 Å². The molecule has 0 aromatic carbocycles. The summed E-state index contributed by atoms with van der Waals surface area (Å²) in [4.78, 5) is 4.70. The van der Waals surface area contributed by atoms with Gasteiger partial charge < -0.3 is 20.2 Å². The van der Waals surface area contributed by atoms with Crippen LogP contribution in [0.2, 0.25) is 0 Å². The lowest BCUT2D eigenvalue weighted by Crippen LogP contribution is -2.56. The number of likely N-dealkylation sites (N-methyl/N-ethyl adjacent to an activating group) is 2. The van der Waals surface area contributed by atoms with Gasteiger partial charge in [0.15, 0.2) is 0 Å².